The number of aromatic nitrogens is 4. The number of fused-ring (bicyclic) bond motifs is 1. The molecule has 0 aliphatic heterocycles. The molecule has 2 heterocycles. The molecule has 0 saturated carbocycles. The predicted octanol–water partition coefficient (Wildman–Crippen LogP) is -0.0428. The van der Waals surface area contributed by atoms with Gasteiger partial charge in [0.2, 0.25) is 0 Å². The standard InChI is InChI=1S/C12H10N4OS/c1-7-13-12(17)11(18-7)6-8-3-4-10-9(5-8)14-15-16(10)2/h3-6H,1H2,2H3,(H,13,17)/b11-6-. The lowest BCUT2D eigenvalue weighted by molar-refractivity contribution is 0.736. The Hall–Kier alpha value is -2.21. The quantitative estimate of drug-likeness (QED) is 0.666. The lowest BCUT2D eigenvalue weighted by Gasteiger charge is -1.93. The minimum absolute atomic E-state index is 0.107. The smallest absolute Gasteiger partial charge is 0.266 e. The maximum Gasteiger partial charge on any atom is 0.266 e. The van der Waals surface area contributed by atoms with Crippen LogP contribution < -0.4 is 14.8 Å². The summed E-state index contributed by atoms with van der Waals surface area (Å²) in [4.78, 5) is 14.2. The topological polar surface area (TPSA) is 63.6 Å². The van der Waals surface area contributed by atoms with E-state index in [1.54, 1.807) is 4.68 Å². The summed E-state index contributed by atoms with van der Waals surface area (Å²) in [5.74, 6) is 0. The maximum atomic E-state index is 11.6. The molecule has 0 aliphatic rings. The van der Waals surface area contributed by atoms with Crippen molar-refractivity contribution in [1.82, 2.24) is 20.0 Å². The van der Waals surface area contributed by atoms with Crippen molar-refractivity contribution in [3.8, 4) is 0 Å². The summed E-state index contributed by atoms with van der Waals surface area (Å²) in [6.07, 6.45) is 1.83. The van der Waals surface area contributed by atoms with Gasteiger partial charge in [0, 0.05) is 7.05 Å². The molecule has 0 radical (unpaired) electrons. The molecule has 0 spiro atoms. The molecule has 0 amide bonds. The van der Waals surface area contributed by atoms with Crippen LogP contribution in [0.4, 0.5) is 0 Å². The second kappa shape index (κ2) is 3.92. The Morgan fingerprint density at radius 1 is 1.50 bits per heavy atom. The van der Waals surface area contributed by atoms with E-state index in [9.17, 15) is 4.79 Å². The number of rotatable bonds is 1. The van der Waals surface area contributed by atoms with Crippen molar-refractivity contribution >= 4 is 35.0 Å². The van der Waals surface area contributed by atoms with E-state index in [4.69, 9.17) is 0 Å². The van der Waals surface area contributed by atoms with Crippen LogP contribution in [0.1, 0.15) is 5.56 Å². The molecule has 6 heteroatoms. The zero-order valence-corrected chi connectivity index (χ0v) is 10.5. The third kappa shape index (κ3) is 1.76. The molecule has 3 rings (SSSR count). The Balaban J connectivity index is 2.21. The summed E-state index contributed by atoms with van der Waals surface area (Å²) in [6.45, 7) is 3.71. The van der Waals surface area contributed by atoms with E-state index in [-0.39, 0.29) is 5.56 Å². The van der Waals surface area contributed by atoms with E-state index in [0.717, 1.165) is 16.6 Å². The highest BCUT2D eigenvalue weighted by atomic mass is 32.1. The lowest BCUT2D eigenvalue weighted by Crippen LogP contribution is -2.19. The summed E-state index contributed by atoms with van der Waals surface area (Å²) in [5.41, 5.74) is 2.60. The summed E-state index contributed by atoms with van der Waals surface area (Å²) < 4.78 is 3.01. The molecule has 5 nitrogen and oxygen atoms in total. The van der Waals surface area contributed by atoms with Crippen LogP contribution in [0.2, 0.25) is 0 Å². The van der Waals surface area contributed by atoms with Crippen molar-refractivity contribution in [2.24, 2.45) is 7.05 Å². The number of aryl methyl sites for hydroxylation is 1. The van der Waals surface area contributed by atoms with Crippen molar-refractivity contribution in [3.05, 3.63) is 43.3 Å². The van der Waals surface area contributed by atoms with Crippen LogP contribution in [0.25, 0.3) is 23.7 Å². The van der Waals surface area contributed by atoms with Gasteiger partial charge in [0.1, 0.15) is 5.52 Å². The van der Waals surface area contributed by atoms with Gasteiger partial charge in [-0.05, 0) is 23.8 Å². The van der Waals surface area contributed by atoms with Gasteiger partial charge in [-0.1, -0.05) is 17.9 Å². The summed E-state index contributed by atoms with van der Waals surface area (Å²) in [6, 6.07) is 5.78. The molecule has 0 atom stereocenters. The third-order valence-corrected chi connectivity index (χ3v) is 3.51. The highest BCUT2D eigenvalue weighted by molar-refractivity contribution is 7.07. The molecule has 1 N–H and O–H groups in total. The number of H-pyrrole nitrogens is 1. The first kappa shape index (κ1) is 10.9. The van der Waals surface area contributed by atoms with Crippen LogP contribution in [0.3, 0.4) is 0 Å². The minimum Gasteiger partial charge on any atom is -0.313 e. The van der Waals surface area contributed by atoms with Gasteiger partial charge >= 0.3 is 0 Å². The Morgan fingerprint density at radius 2 is 2.33 bits per heavy atom. The highest BCUT2D eigenvalue weighted by Gasteiger charge is 2.01. The average molecular weight is 258 g/mol. The Morgan fingerprint density at radius 3 is 3.06 bits per heavy atom. The predicted molar refractivity (Wildman–Crippen MR) is 71.8 cm³/mol. The summed E-state index contributed by atoms with van der Waals surface area (Å²) >= 11 is 1.34. The Kier molecular flexibility index (Phi) is 2.38. The van der Waals surface area contributed by atoms with Gasteiger partial charge in [-0.2, -0.15) is 0 Å². The number of hydrogen-bond donors (Lipinski definition) is 1. The summed E-state index contributed by atoms with van der Waals surface area (Å²) in [7, 11) is 1.84. The first-order valence-corrected chi connectivity index (χ1v) is 6.14. The van der Waals surface area contributed by atoms with Gasteiger partial charge in [-0.25, -0.2) is 4.68 Å². The van der Waals surface area contributed by atoms with Gasteiger partial charge in [0.05, 0.1) is 14.7 Å². The number of nitrogens with zero attached hydrogens (tertiary/aromatic N) is 3. The molecule has 0 fully saturated rings. The number of nitrogens with one attached hydrogen (secondary N) is 1. The fourth-order valence-electron chi connectivity index (χ4n) is 1.79. The Labute approximate surface area is 106 Å². The van der Waals surface area contributed by atoms with Gasteiger partial charge in [0.15, 0.2) is 0 Å². The van der Waals surface area contributed by atoms with Crippen molar-refractivity contribution in [1.29, 1.82) is 0 Å². The minimum atomic E-state index is -0.107. The van der Waals surface area contributed by atoms with Crippen LogP contribution in [0.15, 0.2) is 23.0 Å². The first-order valence-electron chi connectivity index (χ1n) is 5.33. The average Bonchev–Trinajstić information content (AvgIpc) is 2.84. The molecule has 0 unspecified atom stereocenters. The van der Waals surface area contributed by atoms with Gasteiger partial charge in [-0.15, -0.1) is 16.4 Å². The normalized spacial score (nSPS) is 12.4. The van der Waals surface area contributed by atoms with E-state index >= 15 is 0 Å². The van der Waals surface area contributed by atoms with E-state index < -0.39 is 0 Å². The van der Waals surface area contributed by atoms with Crippen LogP contribution in [0.5, 0.6) is 0 Å². The molecular weight excluding hydrogens is 248 g/mol. The molecule has 0 aliphatic carbocycles. The van der Waals surface area contributed by atoms with Crippen LogP contribution in [-0.2, 0) is 7.05 Å². The third-order valence-electron chi connectivity index (χ3n) is 2.64. The van der Waals surface area contributed by atoms with Crippen LogP contribution >= 0.6 is 11.3 Å². The molecule has 18 heavy (non-hydrogen) atoms. The molecule has 1 aromatic carbocycles. The number of aromatic amines is 1. The second-order valence-corrected chi connectivity index (χ2v) is 5.09. The van der Waals surface area contributed by atoms with Gasteiger partial charge in [0.25, 0.3) is 5.56 Å². The van der Waals surface area contributed by atoms with Gasteiger partial charge < -0.3 is 4.98 Å². The molecule has 0 bridgehead atoms. The van der Waals surface area contributed by atoms with E-state index in [2.05, 4.69) is 21.9 Å². The van der Waals surface area contributed by atoms with Crippen LogP contribution in [0, 0.1) is 0 Å². The largest absolute Gasteiger partial charge is 0.313 e. The molecule has 0 saturated heterocycles. The zero-order valence-electron chi connectivity index (χ0n) is 9.67. The SMILES string of the molecule is C=c1[nH]c(=O)/c(=C/c2ccc3c(c2)nnn3C)s1. The van der Waals surface area contributed by atoms with E-state index in [1.165, 1.54) is 11.3 Å². The molecule has 3 aromatic rings. The molecule has 2 aromatic heterocycles. The van der Waals surface area contributed by atoms with E-state index in [0.29, 0.717) is 9.20 Å². The fourth-order valence-corrected chi connectivity index (χ4v) is 2.53. The lowest BCUT2D eigenvalue weighted by atomic mass is 10.2. The first-order chi connectivity index (χ1) is 8.63. The Bertz CT molecular complexity index is 887. The summed E-state index contributed by atoms with van der Waals surface area (Å²) in [5, 5.41) is 7.99. The number of benzene rings is 1. The molecular formula is C12H10N4OS. The zero-order chi connectivity index (χ0) is 12.7. The van der Waals surface area contributed by atoms with E-state index in [1.807, 2.05) is 31.3 Å². The van der Waals surface area contributed by atoms with Crippen molar-refractivity contribution in [2.45, 2.75) is 0 Å². The molecule has 90 valence electrons. The van der Waals surface area contributed by atoms with Crippen molar-refractivity contribution in [2.75, 3.05) is 0 Å². The second-order valence-electron chi connectivity index (χ2n) is 3.95. The van der Waals surface area contributed by atoms with Gasteiger partial charge in [-0.3, -0.25) is 4.79 Å². The van der Waals surface area contributed by atoms with Crippen LogP contribution in [-0.4, -0.2) is 20.0 Å². The highest BCUT2D eigenvalue weighted by Crippen LogP contribution is 2.12. The number of thiazole rings is 1. The fraction of sp³-hybridized carbons (Fsp3) is 0.0833. The number of hydrogen-bond acceptors (Lipinski definition) is 4. The maximum absolute atomic E-state index is 11.6. The monoisotopic (exact) mass is 258 g/mol. The van der Waals surface area contributed by atoms with Crippen molar-refractivity contribution in [3.63, 3.8) is 0 Å². The van der Waals surface area contributed by atoms with Crippen molar-refractivity contribution < 1.29 is 0 Å².